The molecule has 4 aliphatic heterocycles. The van der Waals surface area contributed by atoms with Crippen LogP contribution in [0, 0.1) is 26.6 Å². The molecule has 2 saturated heterocycles. The summed E-state index contributed by atoms with van der Waals surface area (Å²) in [5.41, 5.74) is 14.8. The minimum atomic E-state index is 0. The van der Waals surface area contributed by atoms with Crippen LogP contribution in [0.3, 0.4) is 0 Å². The summed E-state index contributed by atoms with van der Waals surface area (Å²) < 4.78 is 62.0. The zero-order valence-corrected chi connectivity index (χ0v) is 44.5. The van der Waals surface area contributed by atoms with Gasteiger partial charge in [0, 0.05) is 70.7 Å². The first kappa shape index (κ1) is 62.9. The van der Waals surface area contributed by atoms with Gasteiger partial charge in [-0.25, -0.2) is 9.97 Å². The number of aromatic amines is 2. The first-order chi connectivity index (χ1) is 36.5. The maximum Gasteiger partial charge on any atom is 3.00 e. The van der Waals surface area contributed by atoms with Gasteiger partial charge < -0.3 is 38.4 Å². The van der Waals surface area contributed by atoms with Crippen LogP contribution in [-0.4, -0.2) is 74.8 Å². The van der Waals surface area contributed by atoms with E-state index in [4.69, 9.17) is 57.0 Å². The van der Waals surface area contributed by atoms with E-state index in [9.17, 15) is 0 Å². The van der Waals surface area contributed by atoms with Gasteiger partial charge in [-0.1, -0.05) is 48.5 Å². The molecule has 383 valence electrons. The van der Waals surface area contributed by atoms with Crippen molar-refractivity contribution in [3.05, 3.63) is 171 Å². The molecule has 16 heteroatoms. The van der Waals surface area contributed by atoms with Gasteiger partial charge in [0.05, 0.1) is 51.2 Å². The average molecular weight is 1100 g/mol. The first-order valence-electron chi connectivity index (χ1n) is 23.2. The van der Waals surface area contributed by atoms with Crippen LogP contribution in [-0.2, 0) is 62.2 Å². The zero-order valence-electron chi connectivity index (χ0n) is 42.2. The van der Waals surface area contributed by atoms with Crippen LogP contribution in [0.15, 0.2) is 121 Å². The Morgan fingerprint density at radius 3 is 0.711 bits per heavy atom. The molecule has 1 radical (unpaired) electrons. The van der Waals surface area contributed by atoms with Crippen LogP contribution >= 0.6 is 0 Å². The monoisotopic (exact) mass is 1100 g/mol. The molecule has 0 aliphatic carbocycles. The number of nitrogens with zero attached hydrogens (tertiary/aromatic N) is 2. The Balaban J connectivity index is 0.000000662. The third kappa shape index (κ3) is 15.8. The summed E-state index contributed by atoms with van der Waals surface area (Å²) in [5, 5.41) is 0. The third-order valence-corrected chi connectivity index (χ3v) is 11.9. The van der Waals surface area contributed by atoms with E-state index in [-0.39, 0.29) is 34.1 Å². The van der Waals surface area contributed by atoms with Crippen molar-refractivity contribution in [3.8, 4) is 67.5 Å². The Bertz CT molecular complexity index is 2800. The quantitative estimate of drug-likeness (QED) is 0.111. The molecule has 11 rings (SSSR count). The summed E-state index contributed by atoms with van der Waals surface area (Å²) in [5.74, 6) is 3.12. The normalized spacial score (nSPS) is 11.9. The fourth-order valence-corrected chi connectivity index (χ4v) is 8.47. The number of aromatic nitrogens is 4. The number of ether oxygens (including phenoxy) is 6. The van der Waals surface area contributed by atoms with Crippen molar-refractivity contribution in [3.63, 3.8) is 0 Å². The Hall–Kier alpha value is -7.40. The maximum atomic E-state index is 7.50. The summed E-state index contributed by atoms with van der Waals surface area (Å²) in [6.45, 7) is 22.0. The number of fused-ring (bicyclic) bond motifs is 8. The van der Waals surface area contributed by atoms with E-state index in [1.165, 1.54) is 25.7 Å². The number of benzene rings is 4. The van der Waals surface area contributed by atoms with Crippen molar-refractivity contribution in [2.45, 2.75) is 25.7 Å². The Kier molecular flexibility index (Phi) is 27.7. The molecule has 4 aromatic carbocycles. The van der Waals surface area contributed by atoms with Crippen molar-refractivity contribution in [2.75, 3.05) is 54.9 Å². The molecule has 14 nitrogen and oxygen atoms in total. The molecule has 3 aromatic heterocycles. The van der Waals surface area contributed by atoms with Gasteiger partial charge in [-0.15, -0.1) is 0 Å². The molecule has 2 N–H and O–H groups in total. The van der Waals surface area contributed by atoms with Gasteiger partial charge in [0.1, 0.15) is 23.0 Å². The van der Waals surface area contributed by atoms with Gasteiger partial charge in [-0.05, 0) is 145 Å². The van der Waals surface area contributed by atoms with Gasteiger partial charge in [0.15, 0.2) is 0 Å². The van der Waals surface area contributed by atoms with E-state index >= 15 is 0 Å². The largest absolute Gasteiger partial charge is 3.00 e. The van der Waals surface area contributed by atoms with Crippen molar-refractivity contribution in [1.29, 1.82) is 0 Å². The molecule has 0 atom stereocenters. The summed E-state index contributed by atoms with van der Waals surface area (Å²) in [6.07, 6.45) is 13.5. The SMILES string of the molecule is C1CCOC1.C1CCOC1.COc1ccc(-c2c3nc(c(-c4ccc(OC)cc4)c4ccc([nH]4)c(-c4ccc(OC)cc4)c4nc(c(-c5ccc(OC)cc5)c5ccc2[nH]5)C=C4)C=C3)cc1.[C-]#[O+].[C-]#[O+].[C-]#[O+].[C-]#[O+].[Co+3].[Cr+3]. The second-order valence-electron chi connectivity index (χ2n) is 16.1. The van der Waals surface area contributed by atoms with Crippen LogP contribution in [0.2, 0.25) is 0 Å². The molecule has 0 spiro atoms. The number of hydrogen-bond donors (Lipinski definition) is 2. The molecule has 0 amide bonds. The molecule has 0 unspecified atom stereocenters. The van der Waals surface area contributed by atoms with Gasteiger partial charge >= 0.3 is 79.4 Å². The smallest absolute Gasteiger partial charge is 3.00 e. The number of methoxy groups -OCH3 is 4. The maximum absolute atomic E-state index is 7.50. The van der Waals surface area contributed by atoms with Crippen molar-refractivity contribution in [1.82, 2.24) is 19.9 Å². The predicted octanol–water partition coefficient (Wildman–Crippen LogP) is 12.8. The van der Waals surface area contributed by atoms with Gasteiger partial charge in [-0.3, -0.25) is 0 Å². The van der Waals surface area contributed by atoms with E-state index in [1.807, 2.05) is 48.5 Å². The number of rotatable bonds is 8. The summed E-state index contributed by atoms with van der Waals surface area (Å²) in [6, 6.07) is 40.9. The topological polar surface area (TPSA) is 192 Å². The second-order valence-corrected chi connectivity index (χ2v) is 16.1. The molecule has 2 fully saturated rings. The fraction of sp³-hybridized carbons (Fsp3) is 0.200. The van der Waals surface area contributed by atoms with E-state index < -0.39 is 0 Å². The molecule has 4 aliphatic rings. The van der Waals surface area contributed by atoms with E-state index in [2.05, 4.69) is 134 Å². The number of H-pyrrole nitrogens is 2. The third-order valence-electron chi connectivity index (χ3n) is 11.9. The van der Waals surface area contributed by atoms with E-state index in [0.29, 0.717) is 0 Å². The standard InChI is InChI=1S/C48H38N4O4.2C4H8O.4CO.Co.Cr/c1-53-33-13-5-29(6-14-33)45-37-21-23-39(49-37)46(30-7-15-34(54-2)16-8-30)41-25-27-43(51-41)48(32-11-19-36(56-4)20-12-32)44-28-26-42(52-44)47(40-24-22-38(45)50-40)31-9-17-35(55-3)18-10-31;2*1-2-4-5-3-1;4*1-2;;/h5-28,49,52H,1-4H3;2*1-4H2;;;;;;/q;;;;;;;2*+3. The molecule has 76 heavy (non-hydrogen) atoms. The summed E-state index contributed by atoms with van der Waals surface area (Å²) in [7, 11) is 6.71. The summed E-state index contributed by atoms with van der Waals surface area (Å²) >= 11 is 0. The van der Waals surface area contributed by atoms with Crippen LogP contribution in [0.5, 0.6) is 23.0 Å². The molecule has 0 saturated carbocycles. The van der Waals surface area contributed by atoms with Crippen molar-refractivity contribution >= 4 is 46.4 Å². The molecule has 8 bridgehead atoms. The van der Waals surface area contributed by atoms with Crippen molar-refractivity contribution in [2.24, 2.45) is 0 Å². The van der Waals surface area contributed by atoms with Gasteiger partial charge in [-0.2, -0.15) is 0 Å². The molecular formula is C60H54CoCrN4O10+6. The van der Waals surface area contributed by atoms with Gasteiger partial charge in [0.2, 0.25) is 0 Å². The summed E-state index contributed by atoms with van der Waals surface area (Å²) in [4.78, 5) is 18.4. The van der Waals surface area contributed by atoms with Gasteiger partial charge in [0.25, 0.3) is 0 Å². The van der Waals surface area contributed by atoms with Crippen LogP contribution in [0.4, 0.5) is 0 Å². The molecule has 7 aromatic rings. The second kappa shape index (κ2) is 33.5. The van der Waals surface area contributed by atoms with Crippen molar-refractivity contribution < 1.29 is 81.2 Å². The first-order valence-corrected chi connectivity index (χ1v) is 23.2. The fourth-order valence-electron chi connectivity index (χ4n) is 8.47. The Morgan fingerprint density at radius 1 is 0.355 bits per heavy atom. The Labute approximate surface area is 463 Å². The predicted molar refractivity (Wildman–Crippen MR) is 283 cm³/mol. The van der Waals surface area contributed by atoms with E-state index in [1.54, 1.807) is 28.4 Å². The Morgan fingerprint density at radius 2 is 0.553 bits per heavy atom. The van der Waals surface area contributed by atoms with E-state index in [0.717, 1.165) is 139 Å². The average Bonchev–Trinajstić information content (AvgIpc) is 4.34. The molecule has 7 heterocycles. The zero-order chi connectivity index (χ0) is 53.2. The minimum Gasteiger partial charge on any atom is 3.00 e. The van der Waals surface area contributed by atoms with Crippen LogP contribution in [0.25, 0.3) is 90.9 Å². The minimum absolute atomic E-state index is 0. The molecular weight excluding hydrogens is 1050 g/mol. The number of nitrogens with one attached hydrogen (secondary N) is 2. The van der Waals surface area contributed by atoms with Crippen LogP contribution < -0.4 is 18.9 Å². The van der Waals surface area contributed by atoms with Crippen LogP contribution in [0.1, 0.15) is 48.5 Å². The number of hydrogen-bond acceptors (Lipinski definition) is 8.